The van der Waals surface area contributed by atoms with Crippen molar-refractivity contribution in [2.24, 2.45) is 0 Å². The van der Waals surface area contributed by atoms with E-state index in [4.69, 9.17) is 4.74 Å². The molecule has 1 aromatic carbocycles. The Balaban J connectivity index is 1.97. The van der Waals surface area contributed by atoms with Crippen LogP contribution in [0.25, 0.3) is 11.3 Å². The van der Waals surface area contributed by atoms with Crippen molar-refractivity contribution in [1.29, 1.82) is 0 Å². The first kappa shape index (κ1) is 14.2. The summed E-state index contributed by atoms with van der Waals surface area (Å²) < 4.78 is 4.78. The second kappa shape index (κ2) is 6.83. The molecule has 6 nitrogen and oxygen atoms in total. The summed E-state index contributed by atoms with van der Waals surface area (Å²) >= 11 is 0. The Morgan fingerprint density at radius 1 is 1.45 bits per heavy atom. The van der Waals surface area contributed by atoms with Gasteiger partial charge in [0, 0.05) is 19.2 Å². The van der Waals surface area contributed by atoms with E-state index in [9.17, 15) is 9.90 Å². The highest BCUT2D eigenvalue weighted by molar-refractivity contribution is 5.93. The zero-order valence-corrected chi connectivity index (χ0v) is 11.2. The van der Waals surface area contributed by atoms with Gasteiger partial charge >= 0.3 is 0 Å². The SMILES string of the molecule is COCC(O)CNC(=O)c1cc(-c2ccccc2)n[nH]1. The number of aliphatic hydroxyl groups excluding tert-OH is 1. The lowest BCUT2D eigenvalue weighted by Crippen LogP contribution is -2.34. The summed E-state index contributed by atoms with van der Waals surface area (Å²) in [6.45, 7) is 0.310. The highest BCUT2D eigenvalue weighted by atomic mass is 16.5. The number of methoxy groups -OCH3 is 1. The lowest BCUT2D eigenvalue weighted by Gasteiger charge is -2.09. The van der Waals surface area contributed by atoms with Crippen LogP contribution in [-0.2, 0) is 4.74 Å². The largest absolute Gasteiger partial charge is 0.389 e. The lowest BCUT2D eigenvalue weighted by atomic mass is 10.1. The van der Waals surface area contributed by atoms with E-state index in [0.29, 0.717) is 11.4 Å². The van der Waals surface area contributed by atoms with Gasteiger partial charge in [-0.05, 0) is 6.07 Å². The van der Waals surface area contributed by atoms with Crippen LogP contribution in [0.4, 0.5) is 0 Å². The number of H-pyrrole nitrogens is 1. The van der Waals surface area contributed by atoms with E-state index < -0.39 is 6.10 Å². The Labute approximate surface area is 116 Å². The van der Waals surface area contributed by atoms with Gasteiger partial charge in [0.1, 0.15) is 5.69 Å². The number of aliphatic hydroxyl groups is 1. The maximum atomic E-state index is 11.9. The second-order valence-electron chi connectivity index (χ2n) is 4.35. The first-order valence-corrected chi connectivity index (χ1v) is 6.26. The van der Waals surface area contributed by atoms with Crippen molar-refractivity contribution in [3.05, 3.63) is 42.1 Å². The molecule has 0 saturated carbocycles. The van der Waals surface area contributed by atoms with Crippen molar-refractivity contribution in [2.45, 2.75) is 6.10 Å². The molecular formula is C14H17N3O3. The first-order chi connectivity index (χ1) is 9.70. The molecule has 20 heavy (non-hydrogen) atoms. The fourth-order valence-corrected chi connectivity index (χ4v) is 1.75. The van der Waals surface area contributed by atoms with E-state index in [1.54, 1.807) is 6.07 Å². The molecule has 0 aliphatic rings. The molecule has 106 valence electrons. The van der Waals surface area contributed by atoms with Crippen LogP contribution in [-0.4, -0.2) is 47.6 Å². The van der Waals surface area contributed by atoms with Crippen molar-refractivity contribution in [3.63, 3.8) is 0 Å². The molecule has 0 aliphatic heterocycles. The molecular weight excluding hydrogens is 258 g/mol. The van der Waals surface area contributed by atoms with Crippen molar-refractivity contribution >= 4 is 5.91 Å². The van der Waals surface area contributed by atoms with Gasteiger partial charge in [-0.3, -0.25) is 9.89 Å². The van der Waals surface area contributed by atoms with Gasteiger partial charge in [-0.25, -0.2) is 0 Å². The smallest absolute Gasteiger partial charge is 0.269 e. The molecule has 1 atom stereocenters. The third-order valence-corrected chi connectivity index (χ3v) is 2.75. The molecule has 1 unspecified atom stereocenters. The minimum absolute atomic E-state index is 0.131. The molecule has 0 radical (unpaired) electrons. The van der Waals surface area contributed by atoms with E-state index in [-0.39, 0.29) is 19.1 Å². The van der Waals surface area contributed by atoms with Crippen LogP contribution >= 0.6 is 0 Å². The van der Waals surface area contributed by atoms with E-state index >= 15 is 0 Å². The fourth-order valence-electron chi connectivity index (χ4n) is 1.75. The predicted octanol–water partition coefficient (Wildman–Crippen LogP) is 0.814. The van der Waals surface area contributed by atoms with Gasteiger partial charge in [-0.15, -0.1) is 0 Å². The third kappa shape index (κ3) is 3.66. The number of nitrogens with one attached hydrogen (secondary N) is 2. The van der Waals surface area contributed by atoms with Crippen molar-refractivity contribution in [3.8, 4) is 11.3 Å². The number of amides is 1. The van der Waals surface area contributed by atoms with E-state index in [1.165, 1.54) is 7.11 Å². The summed E-state index contributed by atoms with van der Waals surface area (Å²) in [5.41, 5.74) is 1.99. The molecule has 0 saturated heterocycles. The quantitative estimate of drug-likeness (QED) is 0.728. The lowest BCUT2D eigenvalue weighted by molar-refractivity contribution is 0.0608. The van der Waals surface area contributed by atoms with Crippen LogP contribution in [0, 0.1) is 0 Å². The van der Waals surface area contributed by atoms with Gasteiger partial charge in [0.15, 0.2) is 0 Å². The molecule has 0 bridgehead atoms. The molecule has 3 N–H and O–H groups in total. The number of aromatic nitrogens is 2. The number of hydrogen-bond acceptors (Lipinski definition) is 4. The number of ether oxygens (including phenoxy) is 1. The summed E-state index contributed by atoms with van der Waals surface area (Å²) in [4.78, 5) is 11.9. The molecule has 1 aromatic heterocycles. The first-order valence-electron chi connectivity index (χ1n) is 6.26. The normalized spacial score (nSPS) is 12.1. The zero-order valence-electron chi connectivity index (χ0n) is 11.2. The highest BCUT2D eigenvalue weighted by Gasteiger charge is 2.12. The molecule has 2 rings (SSSR count). The third-order valence-electron chi connectivity index (χ3n) is 2.75. The molecule has 2 aromatic rings. The molecule has 1 heterocycles. The van der Waals surface area contributed by atoms with Gasteiger partial charge in [0.25, 0.3) is 5.91 Å². The van der Waals surface area contributed by atoms with E-state index in [0.717, 1.165) is 5.56 Å². The minimum atomic E-state index is -0.722. The molecule has 0 fully saturated rings. The topological polar surface area (TPSA) is 87.2 Å². The Bertz CT molecular complexity index is 554. The number of benzene rings is 1. The monoisotopic (exact) mass is 275 g/mol. The van der Waals surface area contributed by atoms with Crippen LogP contribution in [0.3, 0.4) is 0 Å². The van der Waals surface area contributed by atoms with Gasteiger partial charge < -0.3 is 15.2 Å². The number of carbonyl (C=O) groups excluding carboxylic acids is 1. The van der Waals surface area contributed by atoms with Gasteiger partial charge in [0.05, 0.1) is 18.4 Å². The maximum absolute atomic E-state index is 11.9. The molecule has 6 heteroatoms. The summed E-state index contributed by atoms with van der Waals surface area (Å²) in [5.74, 6) is -0.310. The van der Waals surface area contributed by atoms with E-state index in [1.807, 2.05) is 30.3 Å². The second-order valence-corrected chi connectivity index (χ2v) is 4.35. The average Bonchev–Trinajstić information content (AvgIpc) is 2.96. The fraction of sp³-hybridized carbons (Fsp3) is 0.286. The van der Waals surface area contributed by atoms with Crippen molar-refractivity contribution in [1.82, 2.24) is 15.5 Å². The van der Waals surface area contributed by atoms with Crippen LogP contribution in [0.1, 0.15) is 10.5 Å². The van der Waals surface area contributed by atoms with Crippen molar-refractivity contribution in [2.75, 3.05) is 20.3 Å². The Kier molecular flexibility index (Phi) is 4.86. The summed E-state index contributed by atoms with van der Waals surface area (Å²) in [5, 5.41) is 18.9. The molecule has 0 aliphatic carbocycles. The van der Waals surface area contributed by atoms with Crippen LogP contribution in [0.2, 0.25) is 0 Å². The summed E-state index contributed by atoms with van der Waals surface area (Å²) in [6, 6.07) is 11.2. The number of nitrogens with zero attached hydrogens (tertiary/aromatic N) is 1. The average molecular weight is 275 g/mol. The summed E-state index contributed by atoms with van der Waals surface area (Å²) in [7, 11) is 1.49. The van der Waals surface area contributed by atoms with Crippen LogP contribution in [0.15, 0.2) is 36.4 Å². The van der Waals surface area contributed by atoms with Crippen LogP contribution in [0.5, 0.6) is 0 Å². The predicted molar refractivity (Wildman–Crippen MR) is 74.2 cm³/mol. The number of hydrogen-bond donors (Lipinski definition) is 3. The zero-order chi connectivity index (χ0) is 14.4. The number of carbonyl (C=O) groups is 1. The van der Waals surface area contributed by atoms with Gasteiger partial charge in [-0.1, -0.05) is 30.3 Å². The molecule has 1 amide bonds. The van der Waals surface area contributed by atoms with Crippen molar-refractivity contribution < 1.29 is 14.6 Å². The van der Waals surface area contributed by atoms with E-state index in [2.05, 4.69) is 15.5 Å². The summed E-state index contributed by atoms with van der Waals surface area (Å²) in [6.07, 6.45) is -0.722. The highest BCUT2D eigenvalue weighted by Crippen LogP contribution is 2.16. The maximum Gasteiger partial charge on any atom is 0.269 e. The van der Waals surface area contributed by atoms with Gasteiger partial charge in [0.2, 0.25) is 0 Å². The Morgan fingerprint density at radius 2 is 2.20 bits per heavy atom. The number of aromatic amines is 1. The van der Waals surface area contributed by atoms with Gasteiger partial charge in [-0.2, -0.15) is 5.10 Å². The van der Waals surface area contributed by atoms with Crippen LogP contribution < -0.4 is 5.32 Å². The Hall–Kier alpha value is -2.18. The Morgan fingerprint density at radius 3 is 2.90 bits per heavy atom. The molecule has 0 spiro atoms. The standard InChI is InChI=1S/C14H17N3O3/c1-20-9-11(18)8-15-14(19)13-7-12(16-17-13)10-5-3-2-4-6-10/h2-7,11,18H,8-9H2,1H3,(H,15,19)(H,16,17). The minimum Gasteiger partial charge on any atom is -0.389 e. The number of rotatable bonds is 6.